The summed E-state index contributed by atoms with van der Waals surface area (Å²) in [5, 5.41) is 5.05. The second kappa shape index (κ2) is 8.30. The van der Waals surface area contributed by atoms with Gasteiger partial charge >= 0.3 is 0 Å². The Kier molecular flexibility index (Phi) is 5.37. The van der Waals surface area contributed by atoms with Crippen molar-refractivity contribution >= 4 is 39.7 Å². The SMILES string of the molecule is CC(=O)Nc1sc2c(c1-c1nc3c(s1)C=CC=CC3)CCN(Cc1ccccc1)C2. The van der Waals surface area contributed by atoms with E-state index in [9.17, 15) is 4.79 Å². The maximum absolute atomic E-state index is 11.9. The van der Waals surface area contributed by atoms with Gasteiger partial charge in [0.2, 0.25) is 5.91 Å². The lowest BCUT2D eigenvalue weighted by Gasteiger charge is -2.27. The number of aromatic nitrogens is 1. The summed E-state index contributed by atoms with van der Waals surface area (Å²) in [6.07, 6.45) is 10.3. The fourth-order valence-corrected chi connectivity index (χ4v) is 6.54. The number of anilines is 1. The van der Waals surface area contributed by atoms with Crippen molar-refractivity contribution in [2.24, 2.45) is 0 Å². The third-order valence-electron chi connectivity index (χ3n) is 5.42. The summed E-state index contributed by atoms with van der Waals surface area (Å²) in [4.78, 5) is 21.9. The fraction of sp³-hybridized carbons (Fsp3) is 0.250. The van der Waals surface area contributed by atoms with Gasteiger partial charge in [-0.25, -0.2) is 4.98 Å². The zero-order valence-electron chi connectivity index (χ0n) is 16.9. The molecule has 0 spiro atoms. The molecule has 0 saturated carbocycles. The summed E-state index contributed by atoms with van der Waals surface area (Å²) in [5.41, 5.74) is 4.95. The van der Waals surface area contributed by atoms with E-state index < -0.39 is 0 Å². The molecule has 1 aliphatic carbocycles. The van der Waals surface area contributed by atoms with Crippen LogP contribution >= 0.6 is 22.7 Å². The second-order valence-electron chi connectivity index (χ2n) is 7.66. The van der Waals surface area contributed by atoms with E-state index in [-0.39, 0.29) is 5.91 Å². The van der Waals surface area contributed by atoms with Crippen LogP contribution in [0.1, 0.15) is 33.5 Å². The number of hydrogen-bond donors (Lipinski definition) is 1. The quantitative estimate of drug-likeness (QED) is 0.590. The van der Waals surface area contributed by atoms with Gasteiger partial charge in [0.05, 0.1) is 10.6 Å². The van der Waals surface area contributed by atoms with Gasteiger partial charge in [0.25, 0.3) is 0 Å². The molecule has 1 aliphatic heterocycles. The van der Waals surface area contributed by atoms with Gasteiger partial charge in [-0.2, -0.15) is 0 Å². The molecule has 2 aliphatic rings. The summed E-state index contributed by atoms with van der Waals surface area (Å²) in [6.45, 7) is 4.45. The number of carbonyl (C=O) groups excluding carboxylic acids is 1. The first-order valence-electron chi connectivity index (χ1n) is 10.2. The molecule has 4 nitrogen and oxygen atoms in total. The van der Waals surface area contributed by atoms with Crippen molar-refractivity contribution in [3.05, 3.63) is 75.1 Å². The molecule has 3 heterocycles. The molecule has 1 N–H and O–H groups in total. The van der Waals surface area contributed by atoms with Crippen LogP contribution in [0, 0.1) is 0 Å². The van der Waals surface area contributed by atoms with Crippen LogP contribution in [0.25, 0.3) is 16.6 Å². The highest BCUT2D eigenvalue weighted by atomic mass is 32.1. The Hall–Kier alpha value is -2.54. The highest BCUT2D eigenvalue weighted by molar-refractivity contribution is 7.19. The molecule has 152 valence electrons. The minimum Gasteiger partial charge on any atom is -0.317 e. The first-order chi connectivity index (χ1) is 14.7. The third kappa shape index (κ3) is 3.90. The number of nitrogens with one attached hydrogen (secondary N) is 1. The molecule has 0 saturated heterocycles. The number of hydrogen-bond acceptors (Lipinski definition) is 5. The van der Waals surface area contributed by atoms with E-state index in [1.165, 1.54) is 20.9 Å². The van der Waals surface area contributed by atoms with Crippen molar-refractivity contribution in [2.45, 2.75) is 32.9 Å². The molecule has 0 unspecified atom stereocenters. The number of carbonyl (C=O) groups is 1. The van der Waals surface area contributed by atoms with Crippen molar-refractivity contribution in [1.29, 1.82) is 0 Å². The lowest BCUT2D eigenvalue weighted by atomic mass is 10.0. The molecule has 1 aromatic carbocycles. The second-order valence-corrected chi connectivity index (χ2v) is 9.79. The van der Waals surface area contributed by atoms with Gasteiger partial charge in [0, 0.05) is 43.4 Å². The van der Waals surface area contributed by atoms with Crippen molar-refractivity contribution in [2.75, 3.05) is 11.9 Å². The zero-order chi connectivity index (χ0) is 20.5. The minimum absolute atomic E-state index is 0.0306. The van der Waals surface area contributed by atoms with E-state index in [1.807, 2.05) is 0 Å². The van der Waals surface area contributed by atoms with E-state index in [4.69, 9.17) is 4.98 Å². The van der Waals surface area contributed by atoms with Gasteiger partial charge in [-0.05, 0) is 23.6 Å². The predicted molar refractivity (Wildman–Crippen MR) is 126 cm³/mol. The van der Waals surface area contributed by atoms with Gasteiger partial charge in [-0.1, -0.05) is 48.6 Å². The molecule has 0 fully saturated rings. The Morgan fingerprint density at radius 3 is 2.90 bits per heavy atom. The number of thiophene rings is 1. The van der Waals surface area contributed by atoms with E-state index in [0.717, 1.165) is 53.7 Å². The molecule has 3 aromatic rings. The van der Waals surface area contributed by atoms with Crippen molar-refractivity contribution in [1.82, 2.24) is 9.88 Å². The molecular formula is C24H23N3OS2. The first kappa shape index (κ1) is 19.4. The average Bonchev–Trinajstić information content (AvgIpc) is 3.20. The van der Waals surface area contributed by atoms with Crippen LogP contribution < -0.4 is 5.32 Å². The Bertz CT molecular complexity index is 1140. The monoisotopic (exact) mass is 433 g/mol. The van der Waals surface area contributed by atoms with Crippen molar-refractivity contribution in [3.8, 4) is 10.6 Å². The lowest BCUT2D eigenvalue weighted by Crippen LogP contribution is -2.29. The Morgan fingerprint density at radius 1 is 1.20 bits per heavy atom. The highest BCUT2D eigenvalue weighted by Gasteiger charge is 2.28. The van der Waals surface area contributed by atoms with Gasteiger partial charge in [0.15, 0.2) is 0 Å². The lowest BCUT2D eigenvalue weighted by molar-refractivity contribution is -0.114. The molecule has 0 radical (unpaired) electrons. The van der Waals surface area contributed by atoms with Crippen LogP contribution in [-0.4, -0.2) is 22.3 Å². The van der Waals surface area contributed by atoms with Crippen LogP contribution in [0.4, 0.5) is 5.00 Å². The standard InChI is InChI=1S/C24H23N3OS2/c1-16(28)25-23-22(24-26-19-10-6-3-7-11-20(19)29-24)18-12-13-27(15-21(18)30-23)14-17-8-4-2-5-9-17/h2-9,11H,10,12-15H2,1H3,(H,25,28). The van der Waals surface area contributed by atoms with E-state index in [0.29, 0.717) is 0 Å². The highest BCUT2D eigenvalue weighted by Crippen LogP contribution is 2.45. The number of allylic oxidation sites excluding steroid dienone is 3. The largest absolute Gasteiger partial charge is 0.317 e. The average molecular weight is 434 g/mol. The maximum atomic E-state index is 11.9. The van der Waals surface area contributed by atoms with Gasteiger partial charge in [-0.3, -0.25) is 9.69 Å². The summed E-state index contributed by atoms with van der Waals surface area (Å²) in [5.74, 6) is -0.0306. The predicted octanol–water partition coefficient (Wildman–Crippen LogP) is 5.51. The Morgan fingerprint density at radius 2 is 2.07 bits per heavy atom. The molecule has 0 atom stereocenters. The van der Waals surface area contributed by atoms with E-state index >= 15 is 0 Å². The summed E-state index contributed by atoms with van der Waals surface area (Å²) in [6, 6.07) is 10.6. The summed E-state index contributed by atoms with van der Waals surface area (Å²) >= 11 is 3.44. The van der Waals surface area contributed by atoms with Crippen LogP contribution in [0.5, 0.6) is 0 Å². The Balaban J connectivity index is 1.49. The van der Waals surface area contributed by atoms with E-state index in [2.05, 4.69) is 64.9 Å². The minimum atomic E-state index is -0.0306. The van der Waals surface area contributed by atoms with Crippen LogP contribution in [0.2, 0.25) is 0 Å². The maximum Gasteiger partial charge on any atom is 0.221 e. The number of benzene rings is 1. The van der Waals surface area contributed by atoms with Crippen molar-refractivity contribution < 1.29 is 4.79 Å². The summed E-state index contributed by atoms with van der Waals surface area (Å²) in [7, 11) is 0. The normalized spacial score (nSPS) is 15.5. The number of nitrogens with zero attached hydrogens (tertiary/aromatic N) is 2. The molecule has 1 amide bonds. The molecule has 6 heteroatoms. The number of thiazole rings is 1. The van der Waals surface area contributed by atoms with Crippen LogP contribution in [-0.2, 0) is 30.7 Å². The van der Waals surface area contributed by atoms with Gasteiger partial charge in [-0.15, -0.1) is 22.7 Å². The molecule has 5 rings (SSSR count). The number of rotatable bonds is 4. The smallest absolute Gasteiger partial charge is 0.221 e. The first-order valence-corrected chi connectivity index (χ1v) is 11.8. The van der Waals surface area contributed by atoms with Crippen LogP contribution in [0.15, 0.2) is 48.6 Å². The summed E-state index contributed by atoms with van der Waals surface area (Å²) < 4.78 is 0. The fourth-order valence-electron chi connectivity index (χ4n) is 4.06. The zero-order valence-corrected chi connectivity index (χ0v) is 18.5. The molecule has 30 heavy (non-hydrogen) atoms. The van der Waals surface area contributed by atoms with Gasteiger partial charge < -0.3 is 5.32 Å². The number of amides is 1. The van der Waals surface area contributed by atoms with Crippen LogP contribution in [0.3, 0.4) is 0 Å². The molecule has 2 aromatic heterocycles. The number of fused-ring (bicyclic) bond motifs is 2. The van der Waals surface area contributed by atoms with E-state index in [1.54, 1.807) is 29.6 Å². The topological polar surface area (TPSA) is 45.2 Å². The Labute approximate surface area is 184 Å². The molecule has 0 bridgehead atoms. The molecular weight excluding hydrogens is 410 g/mol. The van der Waals surface area contributed by atoms with Gasteiger partial charge in [0.1, 0.15) is 10.0 Å². The third-order valence-corrected chi connectivity index (χ3v) is 7.63. The van der Waals surface area contributed by atoms with Crippen molar-refractivity contribution in [3.63, 3.8) is 0 Å².